The smallest absolute Gasteiger partial charge is 0.214 e. The number of hydrogen-bond acceptors (Lipinski definition) is 1. The summed E-state index contributed by atoms with van der Waals surface area (Å²) >= 11 is 10.7. The van der Waals surface area contributed by atoms with E-state index >= 15 is 0 Å². The van der Waals surface area contributed by atoms with Crippen LogP contribution in [0.3, 0.4) is 0 Å². The molecule has 0 rings (SSSR count). The lowest BCUT2D eigenvalue weighted by atomic mass is 10.7. The highest BCUT2D eigenvalue weighted by atomic mass is 35.5. The molecule has 0 aliphatic rings. The zero-order valence-electron chi connectivity index (χ0n) is 4.90. The Kier molecular flexibility index (Phi) is 4.19. The Morgan fingerprint density at radius 1 is 1.67 bits per heavy atom. The SMILES string of the molecule is CC(Cl)(Cl)OCC=CF. The molecular formula is C5H7Cl2FO. The van der Waals surface area contributed by atoms with Gasteiger partial charge in [-0.25, -0.2) is 4.39 Å². The van der Waals surface area contributed by atoms with E-state index in [9.17, 15) is 4.39 Å². The molecule has 0 N–H and O–H groups in total. The van der Waals surface area contributed by atoms with Crippen molar-refractivity contribution in [3.05, 3.63) is 12.4 Å². The molecule has 0 aromatic rings. The molecule has 0 unspecified atom stereocenters. The Morgan fingerprint density at radius 3 is 2.56 bits per heavy atom. The molecule has 1 nitrogen and oxygen atoms in total. The van der Waals surface area contributed by atoms with Crippen LogP contribution in [-0.2, 0) is 4.74 Å². The number of halogens is 3. The Balaban J connectivity index is 3.28. The predicted octanol–water partition coefficient (Wildman–Crippen LogP) is 2.64. The van der Waals surface area contributed by atoms with Gasteiger partial charge in [0.2, 0.25) is 4.52 Å². The maximum Gasteiger partial charge on any atom is 0.214 e. The molecule has 0 fully saturated rings. The number of ether oxygens (including phenoxy) is 1. The quantitative estimate of drug-likeness (QED) is 0.596. The molecular weight excluding hydrogens is 166 g/mol. The molecule has 0 heterocycles. The van der Waals surface area contributed by atoms with Crippen molar-refractivity contribution in [1.82, 2.24) is 0 Å². The van der Waals surface area contributed by atoms with E-state index in [2.05, 4.69) is 4.74 Å². The van der Waals surface area contributed by atoms with Crippen LogP contribution in [0.15, 0.2) is 12.4 Å². The van der Waals surface area contributed by atoms with Gasteiger partial charge in [0.1, 0.15) is 0 Å². The summed E-state index contributed by atoms with van der Waals surface area (Å²) in [4.78, 5) is 0. The Hall–Kier alpha value is 0.210. The summed E-state index contributed by atoms with van der Waals surface area (Å²) in [6.45, 7) is 1.54. The molecule has 9 heavy (non-hydrogen) atoms. The average Bonchev–Trinajstić information content (AvgIpc) is 1.63. The van der Waals surface area contributed by atoms with E-state index in [1.54, 1.807) is 0 Å². The maximum atomic E-state index is 11.2. The van der Waals surface area contributed by atoms with E-state index in [-0.39, 0.29) is 6.61 Å². The fraction of sp³-hybridized carbons (Fsp3) is 0.600. The van der Waals surface area contributed by atoms with Gasteiger partial charge in [0.25, 0.3) is 0 Å². The van der Waals surface area contributed by atoms with Crippen LogP contribution < -0.4 is 0 Å². The van der Waals surface area contributed by atoms with E-state index in [1.165, 1.54) is 13.0 Å². The van der Waals surface area contributed by atoms with Crippen molar-refractivity contribution in [3.8, 4) is 0 Å². The Labute approximate surface area is 63.4 Å². The Bertz CT molecular complexity index is 97.6. The minimum atomic E-state index is -1.22. The first kappa shape index (κ1) is 9.21. The van der Waals surface area contributed by atoms with Crippen LogP contribution in [0.5, 0.6) is 0 Å². The fourth-order valence-corrected chi connectivity index (χ4v) is 0.357. The van der Waals surface area contributed by atoms with E-state index in [1.807, 2.05) is 0 Å². The van der Waals surface area contributed by atoms with Crippen molar-refractivity contribution < 1.29 is 9.13 Å². The summed E-state index contributed by atoms with van der Waals surface area (Å²) < 4.78 is 14.7. The fourth-order valence-electron chi connectivity index (χ4n) is 0.231. The van der Waals surface area contributed by atoms with Crippen LogP contribution in [0.4, 0.5) is 4.39 Å². The van der Waals surface area contributed by atoms with Gasteiger partial charge in [0.15, 0.2) is 0 Å². The molecule has 0 radical (unpaired) electrons. The highest BCUT2D eigenvalue weighted by Gasteiger charge is 2.14. The zero-order valence-corrected chi connectivity index (χ0v) is 6.42. The number of alkyl halides is 2. The van der Waals surface area contributed by atoms with E-state index in [0.29, 0.717) is 6.33 Å². The first-order valence-corrected chi connectivity index (χ1v) is 3.09. The lowest BCUT2D eigenvalue weighted by Crippen LogP contribution is -2.11. The summed E-state index contributed by atoms with van der Waals surface area (Å²) in [5, 5.41) is 0. The zero-order chi connectivity index (χ0) is 7.33. The van der Waals surface area contributed by atoms with Crippen LogP contribution >= 0.6 is 23.2 Å². The maximum absolute atomic E-state index is 11.2. The van der Waals surface area contributed by atoms with Gasteiger partial charge in [-0.15, -0.1) is 0 Å². The normalized spacial score (nSPS) is 12.9. The average molecular weight is 173 g/mol. The molecule has 54 valence electrons. The van der Waals surface area contributed by atoms with Crippen molar-refractivity contribution in [2.45, 2.75) is 11.4 Å². The van der Waals surface area contributed by atoms with Crippen LogP contribution in [0, 0.1) is 0 Å². The largest absolute Gasteiger partial charge is 0.343 e. The van der Waals surface area contributed by atoms with Gasteiger partial charge < -0.3 is 4.74 Å². The van der Waals surface area contributed by atoms with Crippen LogP contribution in [0.2, 0.25) is 0 Å². The second-order valence-electron chi connectivity index (χ2n) is 1.48. The van der Waals surface area contributed by atoms with Crippen molar-refractivity contribution in [1.29, 1.82) is 0 Å². The summed E-state index contributed by atoms with van der Waals surface area (Å²) in [7, 11) is 0. The van der Waals surface area contributed by atoms with Gasteiger partial charge >= 0.3 is 0 Å². The third-order valence-corrected chi connectivity index (χ3v) is 0.740. The molecule has 0 atom stereocenters. The lowest BCUT2D eigenvalue weighted by Gasteiger charge is -2.11. The minimum Gasteiger partial charge on any atom is -0.343 e. The third-order valence-electron chi connectivity index (χ3n) is 0.522. The summed E-state index contributed by atoms with van der Waals surface area (Å²) in [6.07, 6.45) is 1.54. The summed E-state index contributed by atoms with van der Waals surface area (Å²) in [5.41, 5.74) is 0. The standard InChI is InChI=1S/C5H7Cl2FO/c1-5(6,7)9-4-2-3-8/h2-3H,4H2,1H3. The lowest BCUT2D eigenvalue weighted by molar-refractivity contribution is 0.115. The molecule has 0 spiro atoms. The molecule has 0 saturated heterocycles. The van der Waals surface area contributed by atoms with Crippen LogP contribution in [0.1, 0.15) is 6.92 Å². The molecule has 0 saturated carbocycles. The Morgan fingerprint density at radius 2 is 2.22 bits per heavy atom. The molecule has 0 aromatic carbocycles. The topological polar surface area (TPSA) is 9.23 Å². The van der Waals surface area contributed by atoms with Crippen molar-refractivity contribution in [2.24, 2.45) is 0 Å². The first-order valence-electron chi connectivity index (χ1n) is 2.33. The molecule has 0 aromatic heterocycles. The van der Waals surface area contributed by atoms with E-state index in [4.69, 9.17) is 23.2 Å². The van der Waals surface area contributed by atoms with Gasteiger partial charge in [-0.3, -0.25) is 0 Å². The van der Waals surface area contributed by atoms with Gasteiger partial charge in [0.05, 0.1) is 12.9 Å². The minimum absolute atomic E-state index is 0.0833. The van der Waals surface area contributed by atoms with Crippen molar-refractivity contribution >= 4 is 23.2 Å². The van der Waals surface area contributed by atoms with Gasteiger partial charge in [-0.2, -0.15) is 0 Å². The third kappa shape index (κ3) is 8.21. The van der Waals surface area contributed by atoms with Crippen molar-refractivity contribution in [2.75, 3.05) is 6.61 Å². The van der Waals surface area contributed by atoms with Crippen LogP contribution in [-0.4, -0.2) is 11.1 Å². The van der Waals surface area contributed by atoms with E-state index < -0.39 is 4.52 Å². The molecule has 4 heteroatoms. The molecule has 0 aliphatic heterocycles. The first-order chi connectivity index (χ1) is 4.06. The second kappa shape index (κ2) is 4.09. The highest BCUT2D eigenvalue weighted by molar-refractivity contribution is 6.46. The molecule has 0 amide bonds. The number of hydrogen-bond donors (Lipinski definition) is 0. The van der Waals surface area contributed by atoms with E-state index in [0.717, 1.165) is 0 Å². The molecule has 0 bridgehead atoms. The predicted molar refractivity (Wildman–Crippen MR) is 36.3 cm³/mol. The van der Waals surface area contributed by atoms with Gasteiger partial charge in [-0.1, -0.05) is 23.2 Å². The van der Waals surface area contributed by atoms with Gasteiger partial charge in [0, 0.05) is 0 Å². The highest BCUT2D eigenvalue weighted by Crippen LogP contribution is 2.20. The second-order valence-corrected chi connectivity index (χ2v) is 3.12. The van der Waals surface area contributed by atoms with Crippen molar-refractivity contribution in [3.63, 3.8) is 0 Å². The summed E-state index contributed by atoms with van der Waals surface area (Å²) in [6, 6.07) is 0. The monoisotopic (exact) mass is 172 g/mol. The number of rotatable bonds is 3. The molecule has 0 aliphatic carbocycles. The van der Waals surface area contributed by atoms with Crippen LogP contribution in [0.25, 0.3) is 0 Å². The summed E-state index contributed by atoms with van der Waals surface area (Å²) in [5.74, 6) is 0. The van der Waals surface area contributed by atoms with Gasteiger partial charge in [-0.05, 0) is 13.0 Å².